The van der Waals surface area contributed by atoms with Gasteiger partial charge in [-0.05, 0) is 69.5 Å². The van der Waals surface area contributed by atoms with Crippen molar-refractivity contribution in [2.24, 2.45) is 5.73 Å². The molecular formula is C29H41N7O2. The molecule has 3 aromatic rings. The molecular weight excluding hydrogens is 478 g/mol. The summed E-state index contributed by atoms with van der Waals surface area (Å²) < 4.78 is 2.21. The lowest BCUT2D eigenvalue weighted by Gasteiger charge is -2.30. The van der Waals surface area contributed by atoms with Crippen LogP contribution >= 0.6 is 0 Å². The Balaban J connectivity index is 0.000000283. The van der Waals surface area contributed by atoms with E-state index in [2.05, 4.69) is 41.5 Å². The number of amides is 3. The van der Waals surface area contributed by atoms with Gasteiger partial charge in [0, 0.05) is 56.9 Å². The summed E-state index contributed by atoms with van der Waals surface area (Å²) in [5.41, 5.74) is 11.1. The molecule has 204 valence electrons. The zero-order valence-corrected chi connectivity index (χ0v) is 23.2. The Hall–Kier alpha value is -3.46. The predicted molar refractivity (Wildman–Crippen MR) is 150 cm³/mol. The number of nitrogens with zero attached hydrogens (tertiary/aromatic N) is 6. The van der Waals surface area contributed by atoms with Crippen molar-refractivity contribution in [1.29, 1.82) is 0 Å². The van der Waals surface area contributed by atoms with Crippen molar-refractivity contribution in [2.75, 3.05) is 46.3 Å². The van der Waals surface area contributed by atoms with E-state index in [-0.39, 0.29) is 11.9 Å². The number of piperazine rings is 1. The van der Waals surface area contributed by atoms with Gasteiger partial charge in [-0.3, -0.25) is 4.79 Å². The number of fused-ring (bicyclic) bond motifs is 1. The van der Waals surface area contributed by atoms with Gasteiger partial charge in [0.05, 0.1) is 6.54 Å². The van der Waals surface area contributed by atoms with Crippen LogP contribution in [-0.4, -0.2) is 87.5 Å². The molecule has 2 N–H and O–H groups in total. The molecule has 2 fully saturated rings. The molecule has 3 amide bonds. The fraction of sp³-hybridized carbons (Fsp3) is 0.517. The van der Waals surface area contributed by atoms with Crippen LogP contribution in [0.4, 0.5) is 4.79 Å². The van der Waals surface area contributed by atoms with Crippen molar-refractivity contribution >= 4 is 23.1 Å². The third-order valence-electron chi connectivity index (χ3n) is 7.42. The van der Waals surface area contributed by atoms with Gasteiger partial charge in [0.2, 0.25) is 0 Å². The maximum absolute atomic E-state index is 12.7. The van der Waals surface area contributed by atoms with Gasteiger partial charge in [-0.2, -0.15) is 0 Å². The molecule has 5 rings (SSSR count). The van der Waals surface area contributed by atoms with E-state index in [1.807, 2.05) is 31.0 Å². The highest BCUT2D eigenvalue weighted by molar-refractivity contribution is 5.94. The number of primary amides is 1. The number of likely N-dealkylation sites (tertiary alicyclic amines) is 1. The molecule has 0 bridgehead atoms. The second-order valence-corrected chi connectivity index (χ2v) is 10.4. The molecule has 2 aliphatic rings. The Kier molecular flexibility index (Phi) is 8.99. The first kappa shape index (κ1) is 27.6. The van der Waals surface area contributed by atoms with Crippen molar-refractivity contribution in [3.63, 3.8) is 0 Å². The van der Waals surface area contributed by atoms with Crippen molar-refractivity contribution < 1.29 is 9.59 Å². The number of rotatable bonds is 4. The maximum atomic E-state index is 12.7. The lowest BCUT2D eigenvalue weighted by atomic mass is 10.1. The highest BCUT2D eigenvalue weighted by Gasteiger charge is 2.19. The minimum atomic E-state index is -0.298. The van der Waals surface area contributed by atoms with E-state index >= 15 is 0 Å². The zero-order valence-electron chi connectivity index (χ0n) is 23.2. The van der Waals surface area contributed by atoms with Gasteiger partial charge in [-0.15, -0.1) is 0 Å². The number of pyridine rings is 1. The van der Waals surface area contributed by atoms with Gasteiger partial charge >= 0.3 is 6.03 Å². The smallest absolute Gasteiger partial charge is 0.314 e. The van der Waals surface area contributed by atoms with Crippen LogP contribution in [0.2, 0.25) is 0 Å². The standard InChI is InChI=1S/C23H28N4O.C6H13N3O/c1-4-20-25-21-16(2)14-17(3)24-22(21)27(20)15-18-8-10-19(11-9-18)23(28)26-12-6-5-7-13-26;1-8-2-4-9(5-3-8)6(7)10/h8-11,14H,4-7,12-13,15H2,1-3H3;2-5H2,1H3,(H2,7,10). The summed E-state index contributed by atoms with van der Waals surface area (Å²) in [4.78, 5) is 38.7. The average Bonchev–Trinajstić information content (AvgIpc) is 3.27. The van der Waals surface area contributed by atoms with Crippen LogP contribution in [0.5, 0.6) is 0 Å². The summed E-state index contributed by atoms with van der Waals surface area (Å²) >= 11 is 0. The molecule has 0 radical (unpaired) electrons. The lowest BCUT2D eigenvalue weighted by Crippen LogP contribution is -2.49. The number of urea groups is 1. The molecule has 2 aromatic heterocycles. The first-order chi connectivity index (χ1) is 18.3. The van der Waals surface area contributed by atoms with Crippen LogP contribution in [-0.2, 0) is 13.0 Å². The molecule has 38 heavy (non-hydrogen) atoms. The third-order valence-corrected chi connectivity index (χ3v) is 7.42. The quantitative estimate of drug-likeness (QED) is 0.568. The molecule has 2 aliphatic heterocycles. The Morgan fingerprint density at radius 1 is 0.895 bits per heavy atom. The summed E-state index contributed by atoms with van der Waals surface area (Å²) in [6.45, 7) is 12.1. The van der Waals surface area contributed by atoms with Crippen LogP contribution in [0.15, 0.2) is 30.3 Å². The molecule has 0 saturated carbocycles. The minimum absolute atomic E-state index is 0.154. The van der Waals surface area contributed by atoms with Gasteiger partial charge in [0.25, 0.3) is 5.91 Å². The highest BCUT2D eigenvalue weighted by Crippen LogP contribution is 2.21. The molecule has 0 atom stereocenters. The first-order valence-electron chi connectivity index (χ1n) is 13.7. The summed E-state index contributed by atoms with van der Waals surface area (Å²) in [7, 11) is 2.04. The lowest BCUT2D eigenvalue weighted by molar-refractivity contribution is 0.0724. The number of carbonyl (C=O) groups excluding carboxylic acids is 2. The van der Waals surface area contributed by atoms with Crippen LogP contribution in [0.3, 0.4) is 0 Å². The molecule has 0 aliphatic carbocycles. The molecule has 9 nitrogen and oxygen atoms in total. The highest BCUT2D eigenvalue weighted by atomic mass is 16.2. The van der Waals surface area contributed by atoms with Gasteiger partial charge in [0.1, 0.15) is 11.3 Å². The van der Waals surface area contributed by atoms with E-state index in [0.29, 0.717) is 6.54 Å². The van der Waals surface area contributed by atoms with Gasteiger partial charge in [0.15, 0.2) is 5.65 Å². The van der Waals surface area contributed by atoms with E-state index in [1.54, 1.807) is 4.90 Å². The summed E-state index contributed by atoms with van der Waals surface area (Å²) in [6.07, 6.45) is 4.32. The Bertz CT molecular complexity index is 1250. The Morgan fingerprint density at radius 2 is 1.55 bits per heavy atom. The normalized spacial score (nSPS) is 16.3. The van der Waals surface area contributed by atoms with Crippen LogP contribution in [0, 0.1) is 13.8 Å². The van der Waals surface area contributed by atoms with Gasteiger partial charge in [-0.1, -0.05) is 19.1 Å². The summed E-state index contributed by atoms with van der Waals surface area (Å²) in [6, 6.07) is 9.83. The van der Waals surface area contributed by atoms with E-state index in [1.165, 1.54) is 12.0 Å². The van der Waals surface area contributed by atoms with Crippen molar-refractivity contribution in [3.05, 3.63) is 58.5 Å². The zero-order chi connectivity index (χ0) is 27.2. The maximum Gasteiger partial charge on any atom is 0.314 e. The van der Waals surface area contributed by atoms with E-state index in [9.17, 15) is 9.59 Å². The molecule has 1 aromatic carbocycles. The number of aromatic nitrogens is 3. The Morgan fingerprint density at radius 3 is 2.16 bits per heavy atom. The summed E-state index contributed by atoms with van der Waals surface area (Å²) in [5, 5.41) is 0. The van der Waals surface area contributed by atoms with Crippen LogP contribution in [0.1, 0.15) is 59.2 Å². The van der Waals surface area contributed by atoms with Gasteiger partial charge in [-0.25, -0.2) is 14.8 Å². The number of hydrogen-bond donors (Lipinski definition) is 1. The second-order valence-electron chi connectivity index (χ2n) is 10.4. The molecule has 0 spiro atoms. The van der Waals surface area contributed by atoms with E-state index in [0.717, 1.165) is 92.3 Å². The van der Waals surface area contributed by atoms with Crippen molar-refractivity contribution in [2.45, 2.75) is 53.0 Å². The fourth-order valence-corrected chi connectivity index (χ4v) is 5.13. The number of imidazole rings is 1. The van der Waals surface area contributed by atoms with Crippen molar-refractivity contribution in [1.82, 2.24) is 29.2 Å². The molecule has 4 heterocycles. The number of nitrogens with two attached hydrogens (primary N) is 1. The predicted octanol–water partition coefficient (Wildman–Crippen LogP) is 3.60. The fourth-order valence-electron chi connectivity index (χ4n) is 5.13. The van der Waals surface area contributed by atoms with E-state index in [4.69, 9.17) is 15.7 Å². The monoisotopic (exact) mass is 519 g/mol. The Labute approximate surface area is 225 Å². The van der Waals surface area contributed by atoms with Crippen LogP contribution in [0.25, 0.3) is 11.2 Å². The number of carbonyl (C=O) groups is 2. The molecule has 0 unspecified atom stereocenters. The SMILES string of the molecule is CCc1nc2c(C)cc(C)nc2n1Cc1ccc(C(=O)N2CCCCC2)cc1.CN1CCN(C(N)=O)CC1. The second kappa shape index (κ2) is 12.4. The number of piperidine rings is 1. The van der Waals surface area contributed by atoms with Crippen LogP contribution < -0.4 is 5.73 Å². The van der Waals surface area contributed by atoms with Crippen molar-refractivity contribution in [3.8, 4) is 0 Å². The topological polar surface area (TPSA) is 101 Å². The average molecular weight is 520 g/mol. The first-order valence-corrected chi connectivity index (χ1v) is 13.7. The minimum Gasteiger partial charge on any atom is -0.351 e. The summed E-state index contributed by atoms with van der Waals surface area (Å²) in [5.74, 6) is 1.20. The number of aryl methyl sites for hydroxylation is 3. The number of likely N-dealkylation sites (N-methyl/N-ethyl adjacent to an activating group) is 1. The largest absolute Gasteiger partial charge is 0.351 e. The number of benzene rings is 1. The third kappa shape index (κ3) is 6.51. The van der Waals surface area contributed by atoms with E-state index < -0.39 is 0 Å². The molecule has 9 heteroatoms. The molecule has 2 saturated heterocycles. The van der Waals surface area contributed by atoms with Gasteiger partial charge < -0.3 is 25.0 Å². The number of hydrogen-bond acceptors (Lipinski definition) is 5.